The van der Waals surface area contributed by atoms with Gasteiger partial charge in [-0.15, -0.1) is 11.6 Å². The van der Waals surface area contributed by atoms with Crippen molar-refractivity contribution in [2.45, 2.75) is 50.9 Å². The summed E-state index contributed by atoms with van der Waals surface area (Å²) in [5.74, 6) is 3.23. The van der Waals surface area contributed by atoms with Crippen LogP contribution in [0.3, 0.4) is 0 Å². The first kappa shape index (κ1) is 14.0. The van der Waals surface area contributed by atoms with E-state index in [2.05, 4.69) is 12.2 Å². The van der Waals surface area contributed by atoms with Crippen LogP contribution in [0.4, 0.5) is 0 Å². The summed E-state index contributed by atoms with van der Waals surface area (Å²) < 4.78 is 5.49. The lowest BCUT2D eigenvalue weighted by atomic mass is 9.84. The molecule has 4 heteroatoms. The van der Waals surface area contributed by atoms with Gasteiger partial charge in [-0.25, -0.2) is 0 Å². The number of fused-ring (bicyclic) bond motifs is 2. The van der Waals surface area contributed by atoms with E-state index in [1.54, 1.807) is 12.1 Å². The largest absolute Gasteiger partial charge is 0.454 e. The Morgan fingerprint density at radius 3 is 2.70 bits per heavy atom. The van der Waals surface area contributed by atoms with Crippen LogP contribution in [0, 0.1) is 17.8 Å². The van der Waals surface area contributed by atoms with Crippen LogP contribution >= 0.6 is 11.6 Å². The standard InChI is InChI=1S/C16H22ClNO2/c1-9(17)14-5-6-15(20-14)16(19)18-10(2)13-8-11-3-4-12(13)7-11/h5-6,9-13H,3-4,7-8H2,1-2H3,(H,18,19). The van der Waals surface area contributed by atoms with Gasteiger partial charge in [0.25, 0.3) is 5.91 Å². The Labute approximate surface area is 125 Å². The van der Waals surface area contributed by atoms with E-state index in [9.17, 15) is 4.79 Å². The first-order valence-corrected chi connectivity index (χ1v) is 8.03. The number of hydrogen-bond acceptors (Lipinski definition) is 2. The van der Waals surface area contributed by atoms with Gasteiger partial charge in [-0.2, -0.15) is 0 Å². The lowest BCUT2D eigenvalue weighted by molar-refractivity contribution is 0.0885. The third-order valence-corrected chi connectivity index (χ3v) is 5.25. The van der Waals surface area contributed by atoms with E-state index in [1.165, 1.54) is 25.7 Å². The van der Waals surface area contributed by atoms with Gasteiger partial charge in [0.1, 0.15) is 5.76 Å². The zero-order valence-electron chi connectivity index (χ0n) is 12.1. The summed E-state index contributed by atoms with van der Waals surface area (Å²) in [6.07, 6.45) is 5.36. The van der Waals surface area contributed by atoms with Crippen molar-refractivity contribution < 1.29 is 9.21 Å². The minimum atomic E-state index is -0.209. The summed E-state index contributed by atoms with van der Waals surface area (Å²) in [4.78, 5) is 12.2. The molecule has 0 aromatic carbocycles. The molecule has 2 fully saturated rings. The molecule has 1 aromatic heterocycles. The van der Waals surface area contributed by atoms with Crippen molar-refractivity contribution in [1.29, 1.82) is 0 Å². The molecule has 1 amide bonds. The molecule has 0 radical (unpaired) electrons. The Bertz CT molecular complexity index is 496. The van der Waals surface area contributed by atoms with Gasteiger partial charge < -0.3 is 9.73 Å². The second-order valence-corrected chi connectivity index (χ2v) is 7.07. The SMILES string of the molecule is CC(Cl)c1ccc(C(=O)NC(C)C2CC3CCC2C3)o1. The number of hydrogen-bond donors (Lipinski definition) is 1. The van der Waals surface area contributed by atoms with Crippen molar-refractivity contribution in [2.75, 3.05) is 0 Å². The van der Waals surface area contributed by atoms with E-state index in [4.69, 9.17) is 16.0 Å². The monoisotopic (exact) mass is 295 g/mol. The second-order valence-electron chi connectivity index (χ2n) is 6.42. The summed E-state index contributed by atoms with van der Waals surface area (Å²) in [5, 5.41) is 2.89. The van der Waals surface area contributed by atoms with E-state index < -0.39 is 0 Å². The van der Waals surface area contributed by atoms with Crippen molar-refractivity contribution in [3.63, 3.8) is 0 Å². The Balaban J connectivity index is 1.60. The van der Waals surface area contributed by atoms with Crippen molar-refractivity contribution in [2.24, 2.45) is 17.8 Å². The number of nitrogens with one attached hydrogen (secondary N) is 1. The topological polar surface area (TPSA) is 42.2 Å². The molecule has 0 saturated heterocycles. The number of halogens is 1. The van der Waals surface area contributed by atoms with Gasteiger partial charge in [-0.3, -0.25) is 4.79 Å². The molecule has 20 heavy (non-hydrogen) atoms. The lowest BCUT2D eigenvalue weighted by Crippen LogP contribution is -2.40. The molecule has 2 saturated carbocycles. The van der Waals surface area contributed by atoms with Crippen LogP contribution in [0.2, 0.25) is 0 Å². The molecule has 2 bridgehead atoms. The fourth-order valence-corrected chi connectivity index (χ4v) is 4.10. The predicted octanol–water partition coefficient (Wildman–Crippen LogP) is 4.13. The van der Waals surface area contributed by atoms with Gasteiger partial charge in [0.2, 0.25) is 0 Å². The molecule has 3 rings (SSSR count). The second kappa shape index (κ2) is 5.44. The highest BCUT2D eigenvalue weighted by Gasteiger charge is 2.42. The maximum atomic E-state index is 12.2. The minimum Gasteiger partial charge on any atom is -0.454 e. The molecule has 5 unspecified atom stereocenters. The summed E-state index contributed by atoms with van der Waals surface area (Å²) in [5.41, 5.74) is 0. The number of furan rings is 1. The van der Waals surface area contributed by atoms with Crippen LogP contribution in [0.25, 0.3) is 0 Å². The Morgan fingerprint density at radius 2 is 2.15 bits per heavy atom. The van der Waals surface area contributed by atoms with Crippen LogP contribution in [-0.2, 0) is 0 Å². The number of carbonyl (C=O) groups excluding carboxylic acids is 1. The van der Waals surface area contributed by atoms with Gasteiger partial charge in [-0.1, -0.05) is 6.42 Å². The van der Waals surface area contributed by atoms with E-state index in [0.717, 1.165) is 11.8 Å². The predicted molar refractivity (Wildman–Crippen MR) is 78.8 cm³/mol. The van der Waals surface area contributed by atoms with Crippen LogP contribution in [-0.4, -0.2) is 11.9 Å². The molecule has 0 aliphatic heterocycles. The smallest absolute Gasteiger partial charge is 0.287 e. The van der Waals surface area contributed by atoms with Gasteiger partial charge in [-0.05, 0) is 63.0 Å². The van der Waals surface area contributed by atoms with Crippen LogP contribution in [0.15, 0.2) is 16.5 Å². The third-order valence-electron chi connectivity index (χ3n) is 5.04. The fraction of sp³-hybridized carbons (Fsp3) is 0.688. The van der Waals surface area contributed by atoms with Crippen molar-refractivity contribution in [3.05, 3.63) is 23.7 Å². The fourth-order valence-electron chi connectivity index (χ4n) is 3.98. The first-order valence-electron chi connectivity index (χ1n) is 7.59. The number of rotatable bonds is 4. The molecule has 5 atom stereocenters. The molecule has 0 spiro atoms. The molecule has 2 aliphatic rings. The van der Waals surface area contributed by atoms with Gasteiger partial charge in [0.05, 0.1) is 5.38 Å². The maximum Gasteiger partial charge on any atom is 0.287 e. The van der Waals surface area contributed by atoms with Crippen LogP contribution in [0.5, 0.6) is 0 Å². The number of carbonyl (C=O) groups is 1. The van der Waals surface area contributed by atoms with E-state index >= 15 is 0 Å². The molecule has 1 N–H and O–H groups in total. The Morgan fingerprint density at radius 1 is 1.35 bits per heavy atom. The first-order chi connectivity index (χ1) is 9.54. The number of alkyl halides is 1. The third kappa shape index (κ3) is 2.60. The highest BCUT2D eigenvalue weighted by molar-refractivity contribution is 6.20. The highest BCUT2D eigenvalue weighted by Crippen LogP contribution is 2.49. The quantitative estimate of drug-likeness (QED) is 0.849. The maximum absolute atomic E-state index is 12.2. The molecule has 1 aromatic rings. The van der Waals surface area contributed by atoms with Gasteiger partial charge in [0, 0.05) is 6.04 Å². The summed E-state index contributed by atoms with van der Waals surface area (Å²) >= 11 is 5.95. The average molecular weight is 296 g/mol. The van der Waals surface area contributed by atoms with Crippen molar-refractivity contribution in [1.82, 2.24) is 5.32 Å². The normalized spacial score (nSPS) is 31.2. The molecular weight excluding hydrogens is 274 g/mol. The Hall–Kier alpha value is -0.960. The molecule has 2 aliphatic carbocycles. The van der Waals surface area contributed by atoms with Crippen molar-refractivity contribution >= 4 is 17.5 Å². The molecule has 3 nitrogen and oxygen atoms in total. The van der Waals surface area contributed by atoms with Crippen molar-refractivity contribution in [3.8, 4) is 0 Å². The molecule has 110 valence electrons. The van der Waals surface area contributed by atoms with Gasteiger partial charge >= 0.3 is 0 Å². The zero-order chi connectivity index (χ0) is 14.3. The summed E-state index contributed by atoms with van der Waals surface area (Å²) in [7, 11) is 0. The molecular formula is C16H22ClNO2. The number of amides is 1. The lowest BCUT2D eigenvalue weighted by Gasteiger charge is -2.28. The van der Waals surface area contributed by atoms with Crippen LogP contribution < -0.4 is 5.32 Å². The minimum absolute atomic E-state index is 0.121. The van der Waals surface area contributed by atoms with Crippen LogP contribution in [0.1, 0.15) is 61.2 Å². The Kier molecular flexibility index (Phi) is 3.80. The average Bonchev–Trinajstić information content (AvgIpc) is 3.14. The van der Waals surface area contributed by atoms with Gasteiger partial charge in [0.15, 0.2) is 5.76 Å². The summed E-state index contributed by atoms with van der Waals surface area (Å²) in [6, 6.07) is 3.70. The zero-order valence-corrected chi connectivity index (χ0v) is 12.8. The van der Waals surface area contributed by atoms with E-state index in [1.807, 2.05) is 6.92 Å². The van der Waals surface area contributed by atoms with E-state index in [0.29, 0.717) is 17.4 Å². The molecule has 1 heterocycles. The summed E-state index contributed by atoms with van der Waals surface area (Å²) in [6.45, 7) is 3.96. The van der Waals surface area contributed by atoms with E-state index in [-0.39, 0.29) is 17.3 Å². The highest BCUT2D eigenvalue weighted by atomic mass is 35.5.